The summed E-state index contributed by atoms with van der Waals surface area (Å²) in [5.74, 6) is 1.70. The Kier molecular flexibility index (Phi) is 7.53. The summed E-state index contributed by atoms with van der Waals surface area (Å²) < 4.78 is 11.5. The highest BCUT2D eigenvalue weighted by Crippen LogP contribution is 2.29. The molecule has 0 amide bonds. The van der Waals surface area contributed by atoms with E-state index in [2.05, 4.69) is 65.5 Å². The van der Waals surface area contributed by atoms with Crippen molar-refractivity contribution in [3.8, 4) is 11.5 Å². The maximum atomic E-state index is 11.8. The van der Waals surface area contributed by atoms with Gasteiger partial charge in [0.05, 0.1) is 19.0 Å². The van der Waals surface area contributed by atoms with Gasteiger partial charge in [0, 0.05) is 6.07 Å². The summed E-state index contributed by atoms with van der Waals surface area (Å²) in [6.07, 6.45) is 1.62. The molecule has 7 heteroatoms. The molecule has 1 aromatic heterocycles. The fraction of sp³-hybridized carbons (Fsp3) is 0.346. The number of aromatic amines is 1. The maximum absolute atomic E-state index is 11.8. The van der Waals surface area contributed by atoms with Crippen LogP contribution >= 0.6 is 0 Å². The molecule has 3 rings (SSSR count). The van der Waals surface area contributed by atoms with Crippen molar-refractivity contribution in [2.75, 3.05) is 12.5 Å². The predicted molar refractivity (Wildman–Crippen MR) is 133 cm³/mol. The van der Waals surface area contributed by atoms with Crippen molar-refractivity contribution in [3.05, 3.63) is 81.3 Å². The fourth-order valence-electron chi connectivity index (χ4n) is 3.14. The number of nitrogens with zero attached hydrogens (tertiary/aromatic N) is 2. The Labute approximate surface area is 194 Å². The van der Waals surface area contributed by atoms with E-state index in [1.165, 1.54) is 11.6 Å². The minimum Gasteiger partial charge on any atom is -0.493 e. The first-order valence-electron chi connectivity index (χ1n) is 11.0. The summed E-state index contributed by atoms with van der Waals surface area (Å²) in [5, 5.41) is 4.18. The fourth-order valence-corrected chi connectivity index (χ4v) is 3.14. The van der Waals surface area contributed by atoms with E-state index in [1.807, 2.05) is 32.0 Å². The Bertz CT molecular complexity index is 1160. The highest BCUT2D eigenvalue weighted by Gasteiger charge is 2.13. The van der Waals surface area contributed by atoms with Crippen LogP contribution in [0.4, 0.5) is 5.95 Å². The molecule has 2 N–H and O–H groups in total. The SMILES string of the molecule is COc1cc(/C=N\Nc2nc(C(C)C)cc(=O)[nH]2)ccc1OCc1ccc(C(C)(C)C)cc1. The summed E-state index contributed by atoms with van der Waals surface area (Å²) in [4.78, 5) is 18.8. The molecule has 33 heavy (non-hydrogen) atoms. The van der Waals surface area contributed by atoms with E-state index in [9.17, 15) is 4.79 Å². The minimum absolute atomic E-state index is 0.122. The topological polar surface area (TPSA) is 88.6 Å². The Morgan fingerprint density at radius 3 is 2.45 bits per heavy atom. The number of ether oxygens (including phenoxy) is 2. The molecule has 7 nitrogen and oxygen atoms in total. The lowest BCUT2D eigenvalue weighted by Gasteiger charge is -2.19. The lowest BCUT2D eigenvalue weighted by molar-refractivity contribution is 0.284. The third kappa shape index (κ3) is 6.68. The molecule has 0 unspecified atom stereocenters. The first kappa shape index (κ1) is 24.0. The monoisotopic (exact) mass is 448 g/mol. The molecule has 0 fully saturated rings. The Morgan fingerprint density at radius 1 is 1.09 bits per heavy atom. The lowest BCUT2D eigenvalue weighted by Crippen LogP contribution is -2.12. The molecule has 0 atom stereocenters. The van der Waals surface area contributed by atoms with Crippen LogP contribution in [-0.2, 0) is 12.0 Å². The summed E-state index contributed by atoms with van der Waals surface area (Å²) >= 11 is 0. The molecular weight excluding hydrogens is 416 g/mol. The number of hydrogen-bond acceptors (Lipinski definition) is 6. The minimum atomic E-state index is -0.220. The standard InChI is InChI=1S/C26H32N4O3/c1-17(2)21-14-24(31)29-25(28-21)30-27-15-19-9-12-22(23(13-19)32-6)33-16-18-7-10-20(11-8-18)26(3,4)5/h7-15,17H,16H2,1-6H3,(H2,28,29,30,31)/b27-15-. The Morgan fingerprint density at radius 2 is 1.82 bits per heavy atom. The van der Waals surface area contributed by atoms with Gasteiger partial charge in [0.2, 0.25) is 5.95 Å². The largest absolute Gasteiger partial charge is 0.493 e. The van der Waals surface area contributed by atoms with Crippen molar-refractivity contribution in [3.63, 3.8) is 0 Å². The van der Waals surface area contributed by atoms with Crippen LogP contribution in [0.2, 0.25) is 0 Å². The number of hydrogen-bond donors (Lipinski definition) is 2. The number of rotatable bonds is 8. The van der Waals surface area contributed by atoms with Crippen molar-refractivity contribution in [2.45, 2.75) is 52.6 Å². The van der Waals surface area contributed by atoms with Crippen LogP contribution in [0.1, 0.15) is 62.9 Å². The zero-order valence-electron chi connectivity index (χ0n) is 20.1. The molecule has 0 radical (unpaired) electrons. The van der Waals surface area contributed by atoms with Crippen molar-refractivity contribution >= 4 is 12.2 Å². The van der Waals surface area contributed by atoms with E-state index in [1.54, 1.807) is 13.3 Å². The Hall–Kier alpha value is -3.61. The number of anilines is 1. The third-order valence-electron chi connectivity index (χ3n) is 5.14. The summed E-state index contributed by atoms with van der Waals surface area (Å²) in [6, 6.07) is 15.5. The molecule has 0 saturated carbocycles. The van der Waals surface area contributed by atoms with E-state index in [0.29, 0.717) is 29.7 Å². The summed E-state index contributed by atoms with van der Waals surface area (Å²) in [5.41, 5.74) is 6.56. The summed E-state index contributed by atoms with van der Waals surface area (Å²) in [6.45, 7) is 11.0. The number of benzene rings is 2. The highest BCUT2D eigenvalue weighted by molar-refractivity contribution is 5.81. The van der Waals surface area contributed by atoms with E-state index >= 15 is 0 Å². The molecule has 0 aliphatic rings. The number of aromatic nitrogens is 2. The van der Waals surface area contributed by atoms with Crippen LogP contribution in [0.3, 0.4) is 0 Å². The first-order chi connectivity index (χ1) is 15.7. The van der Waals surface area contributed by atoms with Crippen LogP contribution in [0.5, 0.6) is 11.5 Å². The highest BCUT2D eigenvalue weighted by atomic mass is 16.5. The second-order valence-corrected chi connectivity index (χ2v) is 9.19. The number of methoxy groups -OCH3 is 1. The first-order valence-corrected chi connectivity index (χ1v) is 11.0. The van der Waals surface area contributed by atoms with Gasteiger partial charge in [-0.3, -0.25) is 9.78 Å². The molecule has 0 saturated heterocycles. The molecular formula is C26H32N4O3. The van der Waals surface area contributed by atoms with Crippen molar-refractivity contribution in [1.29, 1.82) is 0 Å². The van der Waals surface area contributed by atoms with Crippen LogP contribution in [0.15, 0.2) is 58.4 Å². The third-order valence-corrected chi connectivity index (χ3v) is 5.14. The van der Waals surface area contributed by atoms with Crippen LogP contribution in [0, 0.1) is 0 Å². The average Bonchev–Trinajstić information content (AvgIpc) is 2.77. The number of nitrogens with one attached hydrogen (secondary N) is 2. The average molecular weight is 449 g/mol. The van der Waals surface area contributed by atoms with Gasteiger partial charge in [-0.2, -0.15) is 5.10 Å². The predicted octanol–water partition coefficient (Wildman–Crippen LogP) is 5.22. The van der Waals surface area contributed by atoms with E-state index in [4.69, 9.17) is 9.47 Å². The molecule has 0 spiro atoms. The van der Waals surface area contributed by atoms with Gasteiger partial charge in [-0.05, 0) is 46.2 Å². The van der Waals surface area contributed by atoms with Crippen LogP contribution in [0.25, 0.3) is 0 Å². The molecule has 174 valence electrons. The summed E-state index contributed by atoms with van der Waals surface area (Å²) in [7, 11) is 1.60. The molecule has 0 aliphatic carbocycles. The van der Waals surface area contributed by atoms with Gasteiger partial charge in [-0.1, -0.05) is 58.9 Å². The van der Waals surface area contributed by atoms with Crippen LogP contribution in [-0.4, -0.2) is 23.3 Å². The smallest absolute Gasteiger partial charge is 0.252 e. The van der Waals surface area contributed by atoms with Gasteiger partial charge in [-0.15, -0.1) is 0 Å². The van der Waals surface area contributed by atoms with Gasteiger partial charge < -0.3 is 9.47 Å². The van der Waals surface area contributed by atoms with E-state index < -0.39 is 0 Å². The van der Waals surface area contributed by atoms with E-state index in [-0.39, 0.29) is 16.9 Å². The van der Waals surface area contributed by atoms with E-state index in [0.717, 1.165) is 11.1 Å². The normalized spacial score (nSPS) is 11.7. The van der Waals surface area contributed by atoms with Crippen molar-refractivity contribution < 1.29 is 9.47 Å². The molecule has 0 bridgehead atoms. The van der Waals surface area contributed by atoms with Gasteiger partial charge >= 0.3 is 0 Å². The van der Waals surface area contributed by atoms with Gasteiger partial charge in [0.1, 0.15) is 6.61 Å². The molecule has 1 heterocycles. The second kappa shape index (κ2) is 10.3. The van der Waals surface area contributed by atoms with Crippen molar-refractivity contribution in [1.82, 2.24) is 9.97 Å². The van der Waals surface area contributed by atoms with Crippen LogP contribution < -0.4 is 20.5 Å². The second-order valence-electron chi connectivity index (χ2n) is 9.19. The molecule has 0 aliphatic heterocycles. The van der Waals surface area contributed by atoms with Gasteiger partial charge in [0.15, 0.2) is 11.5 Å². The number of hydrazone groups is 1. The molecule has 2 aromatic carbocycles. The van der Waals surface area contributed by atoms with Gasteiger partial charge in [0.25, 0.3) is 5.56 Å². The Balaban J connectivity index is 1.65. The van der Waals surface area contributed by atoms with Gasteiger partial charge in [-0.25, -0.2) is 10.4 Å². The maximum Gasteiger partial charge on any atom is 0.252 e. The quantitative estimate of drug-likeness (QED) is 0.364. The number of H-pyrrole nitrogens is 1. The molecule has 3 aromatic rings. The zero-order chi connectivity index (χ0) is 24.0. The van der Waals surface area contributed by atoms with Crippen molar-refractivity contribution in [2.24, 2.45) is 5.10 Å². The zero-order valence-corrected chi connectivity index (χ0v) is 20.1. The lowest BCUT2D eigenvalue weighted by atomic mass is 9.87.